The van der Waals surface area contributed by atoms with Crippen LogP contribution in [0.2, 0.25) is 0 Å². The second-order valence-electron chi connectivity index (χ2n) is 9.79. The van der Waals surface area contributed by atoms with E-state index < -0.39 is 0 Å². The Morgan fingerprint density at radius 3 is 1.89 bits per heavy atom. The minimum absolute atomic E-state index is 0.0343. The van der Waals surface area contributed by atoms with Gasteiger partial charge in [0.2, 0.25) is 0 Å². The highest BCUT2D eigenvalue weighted by atomic mass is 16.5. The van der Waals surface area contributed by atoms with Gasteiger partial charge in [-0.2, -0.15) is 0 Å². The van der Waals surface area contributed by atoms with Crippen LogP contribution in [0.4, 0.5) is 0 Å². The Balaban J connectivity index is 1.50. The summed E-state index contributed by atoms with van der Waals surface area (Å²) >= 11 is 0. The monoisotopic (exact) mass is 478 g/mol. The molecule has 0 amide bonds. The minimum atomic E-state index is 0.0343. The van der Waals surface area contributed by atoms with Crippen LogP contribution in [0.5, 0.6) is 17.2 Å². The molecule has 0 spiro atoms. The zero-order valence-corrected chi connectivity index (χ0v) is 20.9. The van der Waals surface area contributed by atoms with E-state index in [0.717, 1.165) is 22.6 Å². The SMILES string of the molecule is COc1ccc2c3c(ccc2c1)Oc1ccc2cc(C)ccc2c1C3c1ccc(-c2ccccc2)cc1. The van der Waals surface area contributed by atoms with Crippen LogP contribution in [0.25, 0.3) is 32.7 Å². The maximum Gasteiger partial charge on any atom is 0.132 e. The highest BCUT2D eigenvalue weighted by Gasteiger charge is 2.32. The second-order valence-corrected chi connectivity index (χ2v) is 9.79. The van der Waals surface area contributed by atoms with E-state index in [9.17, 15) is 0 Å². The molecule has 1 aliphatic rings. The fraction of sp³-hybridized carbons (Fsp3) is 0.0857. The van der Waals surface area contributed by atoms with Gasteiger partial charge in [-0.15, -0.1) is 0 Å². The lowest BCUT2D eigenvalue weighted by Crippen LogP contribution is -2.13. The first-order valence-electron chi connectivity index (χ1n) is 12.7. The minimum Gasteiger partial charge on any atom is -0.497 e. The molecule has 1 unspecified atom stereocenters. The molecule has 2 nitrogen and oxygen atoms in total. The lowest BCUT2D eigenvalue weighted by Gasteiger charge is -2.31. The first-order valence-corrected chi connectivity index (χ1v) is 12.7. The molecule has 0 radical (unpaired) electrons. The molecule has 0 aliphatic carbocycles. The molecule has 37 heavy (non-hydrogen) atoms. The molecule has 178 valence electrons. The van der Waals surface area contributed by atoms with Gasteiger partial charge in [-0.25, -0.2) is 0 Å². The Morgan fingerprint density at radius 2 is 1.22 bits per heavy atom. The van der Waals surface area contributed by atoms with Gasteiger partial charge in [0.1, 0.15) is 17.2 Å². The van der Waals surface area contributed by atoms with Gasteiger partial charge in [0.15, 0.2) is 0 Å². The van der Waals surface area contributed by atoms with E-state index in [1.165, 1.54) is 49.5 Å². The molecular formula is C35H26O2. The van der Waals surface area contributed by atoms with Gasteiger partial charge >= 0.3 is 0 Å². The van der Waals surface area contributed by atoms with Crippen LogP contribution in [-0.4, -0.2) is 7.11 Å². The van der Waals surface area contributed by atoms with Crippen LogP contribution in [0.1, 0.15) is 28.2 Å². The number of fused-ring (bicyclic) bond motifs is 6. The van der Waals surface area contributed by atoms with E-state index in [2.05, 4.69) is 116 Å². The summed E-state index contributed by atoms with van der Waals surface area (Å²) in [7, 11) is 1.71. The molecule has 1 heterocycles. The maximum absolute atomic E-state index is 6.59. The zero-order chi connectivity index (χ0) is 24.9. The highest BCUT2D eigenvalue weighted by molar-refractivity contribution is 5.95. The smallest absolute Gasteiger partial charge is 0.132 e. The Morgan fingerprint density at radius 1 is 0.595 bits per heavy atom. The summed E-state index contributed by atoms with van der Waals surface area (Å²) in [4.78, 5) is 0. The predicted octanol–water partition coefficient (Wildman–Crippen LogP) is 9.26. The Kier molecular flexibility index (Phi) is 5.00. The van der Waals surface area contributed by atoms with Gasteiger partial charge in [0, 0.05) is 17.0 Å². The molecule has 0 aromatic heterocycles. The first kappa shape index (κ1) is 21.7. The van der Waals surface area contributed by atoms with Crippen molar-refractivity contribution < 1.29 is 9.47 Å². The van der Waals surface area contributed by atoms with Crippen molar-refractivity contribution in [1.82, 2.24) is 0 Å². The second kappa shape index (κ2) is 8.53. The van der Waals surface area contributed by atoms with E-state index >= 15 is 0 Å². The van der Waals surface area contributed by atoms with Crippen LogP contribution < -0.4 is 9.47 Å². The predicted molar refractivity (Wildman–Crippen MR) is 152 cm³/mol. The summed E-state index contributed by atoms with van der Waals surface area (Å²) in [5, 5.41) is 4.80. The molecule has 0 saturated heterocycles. The lowest BCUT2D eigenvalue weighted by molar-refractivity contribution is 0.415. The van der Waals surface area contributed by atoms with Crippen LogP contribution in [0.3, 0.4) is 0 Å². The molecule has 1 aliphatic heterocycles. The third kappa shape index (κ3) is 3.56. The number of aryl methyl sites for hydroxylation is 1. The molecular weight excluding hydrogens is 452 g/mol. The normalized spacial score (nSPS) is 14.2. The van der Waals surface area contributed by atoms with Gasteiger partial charge in [-0.3, -0.25) is 0 Å². The van der Waals surface area contributed by atoms with Crippen molar-refractivity contribution in [3.8, 4) is 28.4 Å². The summed E-state index contributed by atoms with van der Waals surface area (Å²) in [5.41, 5.74) is 7.37. The lowest BCUT2D eigenvalue weighted by atomic mass is 9.78. The number of methoxy groups -OCH3 is 1. The van der Waals surface area contributed by atoms with Crippen molar-refractivity contribution in [2.75, 3.05) is 7.11 Å². The number of hydrogen-bond donors (Lipinski definition) is 0. The van der Waals surface area contributed by atoms with Gasteiger partial charge in [-0.05, 0) is 69.4 Å². The molecule has 2 heteroatoms. The van der Waals surface area contributed by atoms with E-state index in [1.54, 1.807) is 7.11 Å². The molecule has 6 aromatic carbocycles. The highest BCUT2D eigenvalue weighted by Crippen LogP contribution is 2.52. The number of ether oxygens (including phenoxy) is 2. The summed E-state index contributed by atoms with van der Waals surface area (Å²) < 4.78 is 12.1. The summed E-state index contributed by atoms with van der Waals surface area (Å²) in [5.74, 6) is 2.73. The Hall–Kier alpha value is -4.56. The summed E-state index contributed by atoms with van der Waals surface area (Å²) in [6, 6.07) is 41.1. The fourth-order valence-electron chi connectivity index (χ4n) is 5.76. The fourth-order valence-corrected chi connectivity index (χ4v) is 5.76. The average molecular weight is 479 g/mol. The largest absolute Gasteiger partial charge is 0.497 e. The third-order valence-corrected chi connectivity index (χ3v) is 7.55. The summed E-state index contributed by atoms with van der Waals surface area (Å²) in [6.45, 7) is 2.14. The number of hydrogen-bond acceptors (Lipinski definition) is 2. The molecule has 0 fully saturated rings. The Labute approximate surface area is 216 Å². The zero-order valence-electron chi connectivity index (χ0n) is 20.9. The number of rotatable bonds is 3. The van der Waals surface area contributed by atoms with Crippen molar-refractivity contribution >= 4 is 21.5 Å². The van der Waals surface area contributed by atoms with Crippen LogP contribution in [0.15, 0.2) is 115 Å². The molecule has 0 saturated carbocycles. The van der Waals surface area contributed by atoms with Crippen molar-refractivity contribution in [3.63, 3.8) is 0 Å². The van der Waals surface area contributed by atoms with Crippen LogP contribution >= 0.6 is 0 Å². The van der Waals surface area contributed by atoms with Crippen LogP contribution in [0, 0.1) is 6.92 Å². The Bertz CT molecular complexity index is 1780. The van der Waals surface area contributed by atoms with Crippen molar-refractivity contribution in [2.45, 2.75) is 12.8 Å². The molecule has 6 aromatic rings. The van der Waals surface area contributed by atoms with Gasteiger partial charge in [-0.1, -0.05) is 96.6 Å². The van der Waals surface area contributed by atoms with Crippen molar-refractivity contribution in [1.29, 1.82) is 0 Å². The standard InChI is InChI=1S/C35H26O2/c1-22-8-16-29-26(20-22)13-18-31-34(29)33(25-11-9-24(10-12-25)23-6-4-3-5-7-23)35-30-17-15-28(36-2)21-27(30)14-19-32(35)37-31/h3-21,33H,1-2H3. The third-order valence-electron chi connectivity index (χ3n) is 7.55. The van der Waals surface area contributed by atoms with E-state index in [-0.39, 0.29) is 5.92 Å². The first-order chi connectivity index (χ1) is 18.2. The van der Waals surface area contributed by atoms with E-state index in [4.69, 9.17) is 9.47 Å². The topological polar surface area (TPSA) is 18.5 Å². The van der Waals surface area contributed by atoms with Crippen molar-refractivity contribution in [3.05, 3.63) is 138 Å². The summed E-state index contributed by atoms with van der Waals surface area (Å²) in [6.07, 6.45) is 0. The number of benzene rings is 6. The maximum atomic E-state index is 6.59. The van der Waals surface area contributed by atoms with Gasteiger partial charge < -0.3 is 9.47 Å². The van der Waals surface area contributed by atoms with Gasteiger partial charge in [0.05, 0.1) is 7.11 Å². The van der Waals surface area contributed by atoms with E-state index in [1.807, 2.05) is 6.07 Å². The quantitative estimate of drug-likeness (QED) is 0.252. The molecule has 0 N–H and O–H groups in total. The van der Waals surface area contributed by atoms with Crippen molar-refractivity contribution in [2.24, 2.45) is 0 Å². The van der Waals surface area contributed by atoms with Crippen LogP contribution in [-0.2, 0) is 0 Å². The average Bonchev–Trinajstić information content (AvgIpc) is 2.96. The molecule has 1 atom stereocenters. The molecule has 7 rings (SSSR count). The van der Waals surface area contributed by atoms with E-state index in [0.29, 0.717) is 0 Å². The molecule has 0 bridgehead atoms. The van der Waals surface area contributed by atoms with Gasteiger partial charge in [0.25, 0.3) is 0 Å².